The molecule has 0 aliphatic heterocycles. The number of carbonyl (C=O) groups excluding carboxylic acids is 2. The van der Waals surface area contributed by atoms with Gasteiger partial charge in [-0.05, 0) is 96.3 Å². The minimum atomic E-state index is -0.857. The summed E-state index contributed by atoms with van der Waals surface area (Å²) in [6, 6.07) is -0.642. The van der Waals surface area contributed by atoms with Crippen molar-refractivity contribution in [3.63, 3.8) is 0 Å². The van der Waals surface area contributed by atoms with Gasteiger partial charge in [0.05, 0.1) is 25.4 Å². The monoisotopic (exact) mass is 1010 g/mol. The lowest BCUT2D eigenvalue weighted by Gasteiger charge is -2.20. The molecule has 0 spiro atoms. The van der Waals surface area contributed by atoms with Crippen LogP contribution in [0, 0.1) is 0 Å². The molecule has 6 nitrogen and oxygen atoms in total. The van der Waals surface area contributed by atoms with Crippen molar-refractivity contribution in [2.45, 2.75) is 347 Å². The average Bonchev–Trinajstić information content (AvgIpc) is 3.38. The fraction of sp³-hybridized carbons (Fsp3) is 0.848. The Morgan fingerprint density at radius 3 is 1.07 bits per heavy atom. The first kappa shape index (κ1) is 69.8. The minimum Gasteiger partial charge on any atom is -0.466 e. The Kier molecular flexibility index (Phi) is 59.5. The number of amides is 1. The number of unbranched alkanes of at least 4 members (excludes halogenated alkanes) is 42. The van der Waals surface area contributed by atoms with Gasteiger partial charge in [-0.1, -0.05) is 274 Å². The SMILES string of the molecule is CCCCCCCC/C=C\CCCCCCCC(=O)OCCCCC/C=C\C/C=C\CCCCCCCCCC(=O)NC(CO)C(O)/C=C/CCCCCCCCCCCCCCCCCCCCCCC. The number of ether oxygens (including phenoxy) is 1. The quantitative estimate of drug-likeness (QED) is 0.0320. The van der Waals surface area contributed by atoms with Gasteiger partial charge in [-0.25, -0.2) is 0 Å². The van der Waals surface area contributed by atoms with Crippen molar-refractivity contribution in [2.24, 2.45) is 0 Å². The number of nitrogens with one attached hydrogen (secondary N) is 1. The number of hydrogen-bond donors (Lipinski definition) is 3. The van der Waals surface area contributed by atoms with Crippen molar-refractivity contribution in [1.82, 2.24) is 5.32 Å². The molecule has 0 aliphatic rings. The van der Waals surface area contributed by atoms with E-state index in [1.165, 1.54) is 225 Å². The van der Waals surface area contributed by atoms with Crippen LogP contribution in [0.4, 0.5) is 0 Å². The minimum absolute atomic E-state index is 0.0242. The van der Waals surface area contributed by atoms with Crippen LogP contribution in [0.15, 0.2) is 48.6 Å². The third-order valence-electron chi connectivity index (χ3n) is 14.6. The molecule has 6 heteroatoms. The molecular formula is C66H123NO5. The number of rotatable bonds is 59. The number of carbonyl (C=O) groups is 2. The maximum atomic E-state index is 12.5. The van der Waals surface area contributed by atoms with E-state index < -0.39 is 12.1 Å². The van der Waals surface area contributed by atoms with Gasteiger partial charge in [-0.2, -0.15) is 0 Å². The van der Waals surface area contributed by atoms with Crippen molar-refractivity contribution >= 4 is 11.9 Å². The van der Waals surface area contributed by atoms with Gasteiger partial charge >= 0.3 is 5.97 Å². The number of hydrogen-bond acceptors (Lipinski definition) is 5. The fourth-order valence-corrected chi connectivity index (χ4v) is 9.66. The zero-order valence-corrected chi connectivity index (χ0v) is 48.2. The van der Waals surface area contributed by atoms with E-state index in [0.29, 0.717) is 19.4 Å². The summed E-state index contributed by atoms with van der Waals surface area (Å²) in [5.41, 5.74) is 0. The summed E-state index contributed by atoms with van der Waals surface area (Å²) >= 11 is 0. The van der Waals surface area contributed by atoms with E-state index in [0.717, 1.165) is 83.5 Å². The summed E-state index contributed by atoms with van der Waals surface area (Å²) in [4.78, 5) is 24.5. The second-order valence-corrected chi connectivity index (χ2v) is 21.7. The second kappa shape index (κ2) is 61.4. The number of aliphatic hydroxyl groups is 2. The Bertz CT molecular complexity index is 1210. The normalized spacial score (nSPS) is 12.9. The van der Waals surface area contributed by atoms with Crippen LogP contribution < -0.4 is 5.32 Å². The molecule has 0 saturated heterocycles. The summed E-state index contributed by atoms with van der Waals surface area (Å²) in [7, 11) is 0. The maximum absolute atomic E-state index is 12.5. The lowest BCUT2D eigenvalue weighted by molar-refractivity contribution is -0.143. The molecule has 2 unspecified atom stereocenters. The van der Waals surface area contributed by atoms with Crippen LogP contribution in [-0.4, -0.2) is 47.4 Å². The fourth-order valence-electron chi connectivity index (χ4n) is 9.66. The molecule has 0 bridgehead atoms. The zero-order chi connectivity index (χ0) is 52.2. The highest BCUT2D eigenvalue weighted by Crippen LogP contribution is 2.17. The summed E-state index contributed by atoms with van der Waals surface area (Å²) in [5.74, 6) is -0.106. The number of aliphatic hydroxyl groups excluding tert-OH is 2. The van der Waals surface area contributed by atoms with Crippen LogP contribution in [0.5, 0.6) is 0 Å². The predicted molar refractivity (Wildman–Crippen MR) is 315 cm³/mol. The van der Waals surface area contributed by atoms with E-state index in [1.807, 2.05) is 6.08 Å². The topological polar surface area (TPSA) is 95.9 Å². The molecule has 0 fully saturated rings. The van der Waals surface area contributed by atoms with Crippen LogP contribution >= 0.6 is 0 Å². The van der Waals surface area contributed by atoms with Crippen molar-refractivity contribution in [1.29, 1.82) is 0 Å². The Morgan fingerprint density at radius 1 is 0.389 bits per heavy atom. The Hall–Kier alpha value is -2.18. The smallest absolute Gasteiger partial charge is 0.305 e. The molecule has 3 N–H and O–H groups in total. The van der Waals surface area contributed by atoms with E-state index >= 15 is 0 Å². The van der Waals surface area contributed by atoms with Crippen molar-refractivity contribution in [3.05, 3.63) is 48.6 Å². The van der Waals surface area contributed by atoms with Crippen LogP contribution in [0.25, 0.3) is 0 Å². The maximum Gasteiger partial charge on any atom is 0.305 e. The largest absolute Gasteiger partial charge is 0.466 e. The van der Waals surface area contributed by atoms with E-state index in [-0.39, 0.29) is 18.5 Å². The molecule has 0 aliphatic carbocycles. The highest BCUT2D eigenvalue weighted by molar-refractivity contribution is 5.76. The molecule has 0 aromatic rings. The molecule has 0 aromatic heterocycles. The molecule has 1 amide bonds. The van der Waals surface area contributed by atoms with E-state index in [4.69, 9.17) is 4.74 Å². The summed E-state index contributed by atoms with van der Waals surface area (Å²) < 4.78 is 5.45. The third-order valence-corrected chi connectivity index (χ3v) is 14.6. The molecule has 422 valence electrons. The lowest BCUT2D eigenvalue weighted by atomic mass is 10.0. The van der Waals surface area contributed by atoms with Crippen LogP contribution in [0.2, 0.25) is 0 Å². The number of esters is 1. The Balaban J connectivity index is 3.53. The molecule has 72 heavy (non-hydrogen) atoms. The van der Waals surface area contributed by atoms with Crippen molar-refractivity contribution < 1.29 is 24.5 Å². The highest BCUT2D eigenvalue weighted by Gasteiger charge is 2.18. The predicted octanol–water partition coefficient (Wildman–Crippen LogP) is 20.1. The Morgan fingerprint density at radius 2 is 0.694 bits per heavy atom. The molecular weight excluding hydrogens is 887 g/mol. The van der Waals surface area contributed by atoms with Crippen LogP contribution in [0.1, 0.15) is 335 Å². The van der Waals surface area contributed by atoms with Crippen LogP contribution in [0.3, 0.4) is 0 Å². The molecule has 0 saturated carbocycles. The molecule has 2 atom stereocenters. The first-order valence-electron chi connectivity index (χ1n) is 31.9. The first-order valence-corrected chi connectivity index (χ1v) is 31.9. The summed E-state index contributed by atoms with van der Waals surface area (Å²) in [6.45, 7) is 4.87. The van der Waals surface area contributed by atoms with Gasteiger partial charge in [0, 0.05) is 12.8 Å². The van der Waals surface area contributed by atoms with Gasteiger partial charge < -0.3 is 20.3 Å². The second-order valence-electron chi connectivity index (χ2n) is 21.7. The standard InChI is InChI=1S/C66H123NO5/c1-3-5-7-9-11-13-15-17-19-20-21-22-23-24-25-27-31-34-38-42-46-50-54-58-64(69)63(62-68)67-65(70)59-55-51-47-43-39-35-32-28-26-29-33-37-41-45-49-53-57-61-72-66(71)60-56-52-48-44-40-36-30-18-16-14-12-10-8-6-4-2/h18,26,29-30,37,41,54,58,63-64,68-69H,3-17,19-25,27-28,31-36,38-40,42-53,55-57,59-62H2,1-2H3,(H,67,70)/b29-26-,30-18-,41-37-,58-54+. The lowest BCUT2D eigenvalue weighted by Crippen LogP contribution is -2.45. The number of allylic oxidation sites excluding steroid dienone is 7. The van der Waals surface area contributed by atoms with Gasteiger partial charge in [0.1, 0.15) is 0 Å². The average molecular weight is 1010 g/mol. The first-order chi connectivity index (χ1) is 35.5. The Labute approximate surface area is 448 Å². The van der Waals surface area contributed by atoms with Crippen molar-refractivity contribution in [2.75, 3.05) is 13.2 Å². The van der Waals surface area contributed by atoms with Gasteiger partial charge in [0.2, 0.25) is 5.91 Å². The van der Waals surface area contributed by atoms with Gasteiger partial charge in [0.15, 0.2) is 0 Å². The molecule has 0 heterocycles. The molecule has 0 aromatic carbocycles. The summed E-state index contributed by atoms with van der Waals surface area (Å²) in [6.07, 6.45) is 78.7. The van der Waals surface area contributed by atoms with Crippen LogP contribution in [-0.2, 0) is 14.3 Å². The zero-order valence-electron chi connectivity index (χ0n) is 48.2. The van der Waals surface area contributed by atoms with Gasteiger partial charge in [-0.15, -0.1) is 0 Å². The van der Waals surface area contributed by atoms with Gasteiger partial charge in [0.25, 0.3) is 0 Å². The highest BCUT2D eigenvalue weighted by atomic mass is 16.5. The molecule has 0 rings (SSSR count). The van der Waals surface area contributed by atoms with Gasteiger partial charge in [-0.3, -0.25) is 9.59 Å². The summed E-state index contributed by atoms with van der Waals surface area (Å²) in [5, 5.41) is 23.2. The third kappa shape index (κ3) is 57.1. The van der Waals surface area contributed by atoms with E-state index in [9.17, 15) is 19.8 Å². The van der Waals surface area contributed by atoms with Crippen molar-refractivity contribution in [3.8, 4) is 0 Å². The van der Waals surface area contributed by atoms with E-state index in [1.54, 1.807) is 6.08 Å². The molecule has 0 radical (unpaired) electrons. The van der Waals surface area contributed by atoms with E-state index in [2.05, 4.69) is 55.6 Å².